The van der Waals surface area contributed by atoms with Crippen molar-refractivity contribution < 1.29 is 14.6 Å². The topological polar surface area (TPSA) is 67.6 Å². The van der Waals surface area contributed by atoms with Crippen LogP contribution in [0.15, 0.2) is 10.8 Å². The Kier molecular flexibility index (Phi) is 4.69. The molecule has 1 aromatic rings. The predicted octanol–water partition coefficient (Wildman–Crippen LogP) is 3.57. The summed E-state index contributed by atoms with van der Waals surface area (Å²) in [6.07, 6.45) is 5.77. The molecule has 1 aliphatic carbocycles. The Morgan fingerprint density at radius 2 is 1.92 bits per heavy atom. The molecule has 0 aromatic carbocycles. The van der Waals surface area contributed by atoms with Crippen LogP contribution in [0, 0.1) is 5.41 Å². The Morgan fingerprint density at radius 3 is 2.44 bits per heavy atom. The second-order valence-corrected chi connectivity index (χ2v) is 9.49. The van der Waals surface area contributed by atoms with Crippen LogP contribution >= 0.6 is 15.9 Å². The molecule has 2 aliphatic rings. The third kappa shape index (κ3) is 3.87. The summed E-state index contributed by atoms with van der Waals surface area (Å²) in [6.45, 7) is 7.14. The van der Waals surface area contributed by atoms with Crippen LogP contribution in [0.25, 0.3) is 0 Å². The number of aliphatic hydroxyl groups is 1. The van der Waals surface area contributed by atoms with Gasteiger partial charge in [0.1, 0.15) is 21.6 Å². The van der Waals surface area contributed by atoms with Gasteiger partial charge in [0.25, 0.3) is 0 Å². The Morgan fingerprint density at radius 1 is 1.28 bits per heavy atom. The first kappa shape index (κ1) is 18.7. The fourth-order valence-corrected chi connectivity index (χ4v) is 4.58. The largest absolute Gasteiger partial charge is 0.444 e. The summed E-state index contributed by atoms with van der Waals surface area (Å²) in [5.74, 6) is 0.719. The first-order chi connectivity index (χ1) is 11.5. The molecule has 0 bridgehead atoms. The summed E-state index contributed by atoms with van der Waals surface area (Å²) in [5.41, 5.74) is -1.25. The van der Waals surface area contributed by atoms with Gasteiger partial charge in [-0.15, -0.1) is 0 Å². The summed E-state index contributed by atoms with van der Waals surface area (Å²) < 4.78 is 8.14. The van der Waals surface area contributed by atoms with Gasteiger partial charge in [-0.2, -0.15) is 0 Å². The molecule has 0 radical (unpaired) electrons. The van der Waals surface area contributed by atoms with Gasteiger partial charge in [-0.3, -0.25) is 0 Å². The Labute approximate surface area is 157 Å². The molecule has 6 nitrogen and oxygen atoms in total. The third-order valence-corrected chi connectivity index (χ3v) is 5.87. The monoisotopic (exact) mass is 413 g/mol. The molecule has 1 saturated carbocycles. The number of imidazole rings is 1. The van der Waals surface area contributed by atoms with Gasteiger partial charge < -0.3 is 19.3 Å². The van der Waals surface area contributed by atoms with E-state index < -0.39 is 11.2 Å². The normalized spacial score (nSPS) is 30.1. The molecule has 140 valence electrons. The van der Waals surface area contributed by atoms with E-state index in [0.29, 0.717) is 12.8 Å². The second kappa shape index (κ2) is 6.27. The number of aromatic nitrogens is 2. The Bertz CT molecular complexity index is 657. The van der Waals surface area contributed by atoms with Gasteiger partial charge in [0.05, 0.1) is 0 Å². The van der Waals surface area contributed by atoms with Crippen molar-refractivity contribution in [3.05, 3.63) is 16.6 Å². The van der Waals surface area contributed by atoms with E-state index in [1.807, 2.05) is 43.5 Å². The zero-order valence-corrected chi connectivity index (χ0v) is 17.1. The lowest BCUT2D eigenvalue weighted by Crippen LogP contribution is -2.41. The molecular formula is C18H28BrN3O3. The standard InChI is InChI=1S/C18H28BrN3O3/c1-16(2,3)25-15(23)22-10-9-17(12-22)5-7-18(24,8-6-17)14-20-13(19)11-21(14)4/h11,24H,5-10,12H2,1-4H3. The number of likely N-dealkylation sites (tertiary alicyclic amines) is 1. The lowest BCUT2D eigenvalue weighted by Gasteiger charge is -2.41. The number of carbonyl (C=O) groups excluding carboxylic acids is 1. The number of carbonyl (C=O) groups is 1. The molecular weight excluding hydrogens is 386 g/mol. The Hall–Kier alpha value is -1.08. The van der Waals surface area contributed by atoms with Gasteiger partial charge >= 0.3 is 6.09 Å². The molecule has 2 fully saturated rings. The lowest BCUT2D eigenvalue weighted by molar-refractivity contribution is -0.0456. The number of hydrogen-bond acceptors (Lipinski definition) is 4. The van der Waals surface area contributed by atoms with Crippen LogP contribution < -0.4 is 0 Å². The third-order valence-electron chi connectivity index (χ3n) is 5.49. The highest BCUT2D eigenvalue weighted by molar-refractivity contribution is 9.10. The number of nitrogens with zero attached hydrogens (tertiary/aromatic N) is 3. The number of rotatable bonds is 1. The van der Waals surface area contributed by atoms with Crippen LogP contribution in [0.2, 0.25) is 0 Å². The van der Waals surface area contributed by atoms with Crippen molar-refractivity contribution in [2.75, 3.05) is 13.1 Å². The second-order valence-electron chi connectivity index (χ2n) is 8.68. The fourth-order valence-electron chi connectivity index (χ4n) is 4.11. The van der Waals surface area contributed by atoms with Crippen LogP contribution in [-0.2, 0) is 17.4 Å². The van der Waals surface area contributed by atoms with E-state index in [0.717, 1.165) is 42.8 Å². The van der Waals surface area contributed by atoms with E-state index >= 15 is 0 Å². The highest BCUT2D eigenvalue weighted by Gasteiger charge is 2.48. The maximum Gasteiger partial charge on any atom is 0.410 e. The number of hydrogen-bond donors (Lipinski definition) is 1. The van der Waals surface area contributed by atoms with Crippen LogP contribution in [0.4, 0.5) is 4.79 Å². The summed E-state index contributed by atoms with van der Waals surface area (Å²) in [6, 6.07) is 0. The minimum atomic E-state index is -0.884. The first-order valence-electron chi connectivity index (χ1n) is 8.92. The van der Waals surface area contributed by atoms with E-state index in [4.69, 9.17) is 4.74 Å². The van der Waals surface area contributed by atoms with Gasteiger partial charge in [0, 0.05) is 26.3 Å². The molecule has 3 rings (SSSR count). The number of aryl methyl sites for hydroxylation is 1. The zero-order chi connectivity index (χ0) is 18.5. The van der Waals surface area contributed by atoms with Crippen LogP contribution in [0.3, 0.4) is 0 Å². The van der Waals surface area contributed by atoms with Crippen molar-refractivity contribution in [3.63, 3.8) is 0 Å². The predicted molar refractivity (Wildman–Crippen MR) is 98.1 cm³/mol. The highest BCUT2D eigenvalue weighted by Crippen LogP contribution is 2.49. The molecule has 1 amide bonds. The van der Waals surface area contributed by atoms with Gasteiger partial charge in [-0.05, 0) is 74.2 Å². The van der Waals surface area contributed by atoms with Gasteiger partial charge in [-0.1, -0.05) is 0 Å². The van der Waals surface area contributed by atoms with Crippen LogP contribution in [0.5, 0.6) is 0 Å². The molecule has 0 atom stereocenters. The zero-order valence-electron chi connectivity index (χ0n) is 15.5. The average molecular weight is 414 g/mol. The molecule has 7 heteroatoms. The van der Waals surface area contributed by atoms with Gasteiger partial charge in [-0.25, -0.2) is 9.78 Å². The van der Waals surface area contributed by atoms with Crippen molar-refractivity contribution in [2.45, 2.75) is 64.1 Å². The molecule has 1 spiro atoms. The number of ether oxygens (including phenoxy) is 1. The van der Waals surface area contributed by atoms with E-state index in [-0.39, 0.29) is 11.5 Å². The van der Waals surface area contributed by atoms with Gasteiger partial charge in [0.2, 0.25) is 0 Å². The number of halogens is 1. The number of amides is 1. The molecule has 1 saturated heterocycles. The summed E-state index contributed by atoms with van der Waals surface area (Å²) >= 11 is 3.38. The fraction of sp³-hybridized carbons (Fsp3) is 0.778. The molecule has 1 N–H and O–H groups in total. The van der Waals surface area contributed by atoms with Crippen molar-refractivity contribution in [1.29, 1.82) is 0 Å². The van der Waals surface area contributed by atoms with Crippen molar-refractivity contribution in [2.24, 2.45) is 12.5 Å². The molecule has 0 unspecified atom stereocenters. The van der Waals surface area contributed by atoms with E-state index in [1.165, 1.54) is 0 Å². The maximum absolute atomic E-state index is 12.3. The van der Waals surface area contributed by atoms with Gasteiger partial charge in [0.15, 0.2) is 0 Å². The molecule has 1 aromatic heterocycles. The van der Waals surface area contributed by atoms with Crippen LogP contribution in [-0.4, -0.2) is 44.3 Å². The molecule has 1 aliphatic heterocycles. The smallest absolute Gasteiger partial charge is 0.410 e. The highest BCUT2D eigenvalue weighted by atomic mass is 79.9. The molecule has 2 heterocycles. The van der Waals surface area contributed by atoms with Crippen molar-refractivity contribution in [1.82, 2.24) is 14.5 Å². The van der Waals surface area contributed by atoms with E-state index in [1.54, 1.807) is 0 Å². The van der Waals surface area contributed by atoms with E-state index in [9.17, 15) is 9.90 Å². The van der Waals surface area contributed by atoms with Crippen molar-refractivity contribution >= 4 is 22.0 Å². The maximum atomic E-state index is 12.3. The summed E-state index contributed by atoms with van der Waals surface area (Å²) in [4.78, 5) is 18.6. The average Bonchev–Trinajstić information content (AvgIpc) is 3.06. The minimum Gasteiger partial charge on any atom is -0.444 e. The summed E-state index contributed by atoms with van der Waals surface area (Å²) in [7, 11) is 1.91. The first-order valence-corrected chi connectivity index (χ1v) is 9.71. The Balaban J connectivity index is 1.64. The van der Waals surface area contributed by atoms with Crippen molar-refractivity contribution in [3.8, 4) is 0 Å². The minimum absolute atomic E-state index is 0.103. The van der Waals surface area contributed by atoms with Crippen LogP contribution in [0.1, 0.15) is 58.7 Å². The van der Waals surface area contributed by atoms with E-state index in [2.05, 4.69) is 20.9 Å². The quantitative estimate of drug-likeness (QED) is 0.763. The molecule has 25 heavy (non-hydrogen) atoms. The summed E-state index contributed by atoms with van der Waals surface area (Å²) in [5, 5.41) is 11.1. The lowest BCUT2D eigenvalue weighted by atomic mass is 9.68. The SMILES string of the molecule is Cn1cc(Br)nc1C1(O)CCC2(CCN(C(=O)OC(C)(C)C)C2)CC1.